The first kappa shape index (κ1) is 19.9. The van der Waals surface area contributed by atoms with E-state index < -0.39 is 5.91 Å². The summed E-state index contributed by atoms with van der Waals surface area (Å²) in [4.78, 5) is 23.9. The van der Waals surface area contributed by atoms with E-state index in [0.29, 0.717) is 17.2 Å². The molecule has 3 aromatic rings. The predicted molar refractivity (Wildman–Crippen MR) is 112 cm³/mol. The van der Waals surface area contributed by atoms with Gasteiger partial charge in [0.2, 0.25) is 0 Å². The Morgan fingerprint density at radius 2 is 1.59 bits per heavy atom. The van der Waals surface area contributed by atoms with Gasteiger partial charge in [-0.2, -0.15) is 0 Å². The molecule has 3 aromatic carbocycles. The molecule has 3 N–H and O–H groups in total. The highest BCUT2D eigenvalue weighted by Crippen LogP contribution is 2.29. The molecule has 6 nitrogen and oxygen atoms in total. The first-order valence-corrected chi connectivity index (χ1v) is 9.09. The predicted octanol–water partition coefficient (Wildman–Crippen LogP) is 4.21. The van der Waals surface area contributed by atoms with E-state index in [0.717, 1.165) is 11.1 Å². The van der Waals surface area contributed by atoms with E-state index in [1.54, 1.807) is 36.4 Å². The number of ether oxygens (including phenoxy) is 2. The summed E-state index contributed by atoms with van der Waals surface area (Å²) in [6.45, 7) is 3.58. The monoisotopic (exact) mass is 390 g/mol. The van der Waals surface area contributed by atoms with Crippen molar-refractivity contribution in [1.82, 2.24) is 0 Å². The lowest BCUT2D eigenvalue weighted by molar-refractivity contribution is -0.118. The molecule has 0 saturated carbocycles. The van der Waals surface area contributed by atoms with Gasteiger partial charge in [0.1, 0.15) is 11.5 Å². The number of carbonyl (C=O) groups is 2. The second-order valence-electron chi connectivity index (χ2n) is 6.61. The van der Waals surface area contributed by atoms with Gasteiger partial charge in [0.25, 0.3) is 11.8 Å². The summed E-state index contributed by atoms with van der Waals surface area (Å²) >= 11 is 0. The van der Waals surface area contributed by atoms with Crippen LogP contribution in [0.15, 0.2) is 66.7 Å². The molecule has 0 heterocycles. The maximum atomic E-state index is 12.4. The molecular formula is C23H22N2O4. The summed E-state index contributed by atoms with van der Waals surface area (Å²) in [5.74, 6) is 0.452. The van der Waals surface area contributed by atoms with E-state index in [1.165, 1.54) is 0 Å². The smallest absolute Gasteiger partial charge is 0.262 e. The van der Waals surface area contributed by atoms with Crippen molar-refractivity contribution in [2.24, 2.45) is 5.73 Å². The van der Waals surface area contributed by atoms with Crippen LogP contribution in [-0.2, 0) is 4.79 Å². The fourth-order valence-corrected chi connectivity index (χ4v) is 2.67. The largest absolute Gasteiger partial charge is 0.483 e. The van der Waals surface area contributed by atoms with Crippen LogP contribution in [-0.4, -0.2) is 18.4 Å². The molecule has 0 saturated heterocycles. The summed E-state index contributed by atoms with van der Waals surface area (Å²) in [5.41, 5.74) is 8.12. The summed E-state index contributed by atoms with van der Waals surface area (Å²) in [7, 11) is 0. The highest BCUT2D eigenvalue weighted by atomic mass is 16.5. The van der Waals surface area contributed by atoms with Crippen molar-refractivity contribution in [3.63, 3.8) is 0 Å². The van der Waals surface area contributed by atoms with Crippen LogP contribution < -0.4 is 20.5 Å². The minimum atomic E-state index is -0.614. The normalized spacial score (nSPS) is 10.3. The lowest BCUT2D eigenvalue weighted by Gasteiger charge is -2.14. The van der Waals surface area contributed by atoms with Gasteiger partial charge >= 0.3 is 0 Å². The minimum Gasteiger partial charge on any atom is -0.483 e. The van der Waals surface area contributed by atoms with E-state index >= 15 is 0 Å². The third kappa shape index (κ3) is 5.35. The Kier molecular flexibility index (Phi) is 6.14. The maximum absolute atomic E-state index is 12.4. The number of anilines is 1. The Morgan fingerprint density at radius 1 is 0.897 bits per heavy atom. The SMILES string of the molecule is Cc1ccc(Oc2ccccc2NC(=O)COc2cc(C)ccc2C(N)=O)cc1. The van der Waals surface area contributed by atoms with Crippen molar-refractivity contribution >= 4 is 17.5 Å². The average molecular weight is 390 g/mol. The molecule has 0 atom stereocenters. The summed E-state index contributed by atoms with van der Waals surface area (Å²) in [6, 6.07) is 19.7. The molecule has 2 amide bonds. The zero-order chi connectivity index (χ0) is 20.8. The van der Waals surface area contributed by atoms with Crippen LogP contribution in [0.5, 0.6) is 17.2 Å². The van der Waals surface area contributed by atoms with Crippen LogP contribution in [0.4, 0.5) is 5.69 Å². The zero-order valence-electron chi connectivity index (χ0n) is 16.3. The number of aryl methyl sites for hydroxylation is 2. The molecular weight excluding hydrogens is 368 g/mol. The van der Waals surface area contributed by atoms with Crippen molar-refractivity contribution in [2.45, 2.75) is 13.8 Å². The second-order valence-corrected chi connectivity index (χ2v) is 6.61. The van der Waals surface area contributed by atoms with Gasteiger partial charge in [0.15, 0.2) is 12.4 Å². The van der Waals surface area contributed by atoms with Gasteiger partial charge in [0, 0.05) is 0 Å². The van der Waals surface area contributed by atoms with E-state index in [2.05, 4.69) is 5.32 Å². The number of amides is 2. The lowest BCUT2D eigenvalue weighted by Crippen LogP contribution is -2.22. The number of benzene rings is 3. The van der Waals surface area contributed by atoms with Gasteiger partial charge in [-0.25, -0.2) is 0 Å². The van der Waals surface area contributed by atoms with E-state index in [4.69, 9.17) is 15.2 Å². The molecule has 148 valence electrons. The van der Waals surface area contributed by atoms with E-state index in [9.17, 15) is 9.59 Å². The van der Waals surface area contributed by atoms with Gasteiger partial charge in [0.05, 0.1) is 11.3 Å². The van der Waals surface area contributed by atoms with Crippen molar-refractivity contribution < 1.29 is 19.1 Å². The molecule has 0 unspecified atom stereocenters. The maximum Gasteiger partial charge on any atom is 0.262 e. The Hall–Kier alpha value is -3.80. The summed E-state index contributed by atoms with van der Waals surface area (Å²) < 4.78 is 11.4. The van der Waals surface area contributed by atoms with Gasteiger partial charge in [-0.1, -0.05) is 35.9 Å². The van der Waals surface area contributed by atoms with Crippen molar-refractivity contribution in [3.05, 3.63) is 83.4 Å². The van der Waals surface area contributed by atoms with Crippen LogP contribution in [0.3, 0.4) is 0 Å². The van der Waals surface area contributed by atoms with Crippen LogP contribution in [0, 0.1) is 13.8 Å². The first-order valence-electron chi connectivity index (χ1n) is 9.09. The number of hydrogen-bond acceptors (Lipinski definition) is 4. The zero-order valence-corrected chi connectivity index (χ0v) is 16.3. The molecule has 0 aromatic heterocycles. The number of primary amides is 1. The van der Waals surface area contributed by atoms with Gasteiger partial charge < -0.3 is 20.5 Å². The van der Waals surface area contributed by atoms with Crippen LogP contribution >= 0.6 is 0 Å². The third-order valence-electron chi connectivity index (χ3n) is 4.17. The Balaban J connectivity index is 1.68. The van der Waals surface area contributed by atoms with E-state index in [-0.39, 0.29) is 23.8 Å². The lowest BCUT2D eigenvalue weighted by atomic mass is 10.1. The van der Waals surface area contributed by atoms with Crippen molar-refractivity contribution in [3.8, 4) is 17.2 Å². The number of para-hydroxylation sites is 2. The minimum absolute atomic E-state index is 0.228. The van der Waals surface area contributed by atoms with Crippen molar-refractivity contribution in [1.29, 1.82) is 0 Å². The summed E-state index contributed by atoms with van der Waals surface area (Å²) in [5, 5.41) is 2.77. The molecule has 3 rings (SSSR count). The standard InChI is InChI=1S/C23H22N2O4/c1-15-7-10-17(11-8-15)29-20-6-4-3-5-19(20)25-22(26)14-28-21-13-16(2)9-12-18(21)23(24)27/h3-13H,14H2,1-2H3,(H2,24,27)(H,25,26). The Bertz CT molecular complexity index is 1030. The molecule has 0 spiro atoms. The van der Waals surface area contributed by atoms with Gasteiger partial charge in [-0.15, -0.1) is 0 Å². The Labute approximate surface area is 169 Å². The van der Waals surface area contributed by atoms with Crippen molar-refractivity contribution in [2.75, 3.05) is 11.9 Å². The van der Waals surface area contributed by atoms with E-state index in [1.807, 2.05) is 44.2 Å². The second kappa shape index (κ2) is 8.93. The summed E-state index contributed by atoms with van der Waals surface area (Å²) in [6.07, 6.45) is 0. The molecule has 0 bridgehead atoms. The highest BCUT2D eigenvalue weighted by molar-refractivity contribution is 5.96. The Morgan fingerprint density at radius 3 is 2.31 bits per heavy atom. The molecule has 0 aliphatic heterocycles. The molecule has 29 heavy (non-hydrogen) atoms. The molecule has 0 fully saturated rings. The number of nitrogens with two attached hydrogens (primary N) is 1. The number of hydrogen-bond donors (Lipinski definition) is 2. The first-order chi connectivity index (χ1) is 13.9. The van der Waals surface area contributed by atoms with Crippen LogP contribution in [0.1, 0.15) is 21.5 Å². The van der Waals surface area contributed by atoms with Gasteiger partial charge in [-0.3, -0.25) is 9.59 Å². The average Bonchev–Trinajstić information content (AvgIpc) is 2.69. The molecule has 6 heteroatoms. The fourth-order valence-electron chi connectivity index (χ4n) is 2.67. The van der Waals surface area contributed by atoms with Crippen LogP contribution in [0.25, 0.3) is 0 Å². The number of carbonyl (C=O) groups excluding carboxylic acids is 2. The van der Waals surface area contributed by atoms with Gasteiger partial charge in [-0.05, 0) is 55.8 Å². The number of nitrogens with one attached hydrogen (secondary N) is 1. The number of rotatable bonds is 7. The molecule has 0 aliphatic carbocycles. The highest BCUT2D eigenvalue weighted by Gasteiger charge is 2.13. The molecule has 0 aliphatic rings. The third-order valence-corrected chi connectivity index (χ3v) is 4.17. The quantitative estimate of drug-likeness (QED) is 0.632. The molecule has 0 radical (unpaired) electrons. The topological polar surface area (TPSA) is 90.7 Å². The van der Waals surface area contributed by atoms with Crippen LogP contribution in [0.2, 0.25) is 0 Å². The fraction of sp³-hybridized carbons (Fsp3) is 0.130.